The first kappa shape index (κ1) is 49.7. The van der Waals surface area contributed by atoms with E-state index in [0.29, 0.717) is 102 Å². The van der Waals surface area contributed by atoms with E-state index in [2.05, 4.69) is 52.8 Å². The molecule has 1 saturated heterocycles. The predicted octanol–water partition coefficient (Wildman–Crippen LogP) is 6.46. The van der Waals surface area contributed by atoms with Crippen molar-refractivity contribution in [3.8, 4) is 5.75 Å². The lowest BCUT2D eigenvalue weighted by Gasteiger charge is -2.40. The zero-order valence-electron chi connectivity index (χ0n) is 39.3. The van der Waals surface area contributed by atoms with E-state index in [1.807, 2.05) is 66.3 Å². The molecule has 0 spiro atoms. The monoisotopic (exact) mass is 904 g/mol. The number of anilines is 1. The Morgan fingerprint density at radius 1 is 0.862 bits per heavy atom. The number of pyridine rings is 3. The summed E-state index contributed by atoms with van der Waals surface area (Å²) in [5, 5.41) is 3.03. The third kappa shape index (κ3) is 16.3. The number of hydrogen-bond acceptors (Lipinski definition) is 13. The van der Waals surface area contributed by atoms with Crippen LogP contribution in [-0.4, -0.2) is 141 Å². The summed E-state index contributed by atoms with van der Waals surface area (Å²) in [5.74, 6) is -0.394. The van der Waals surface area contributed by atoms with E-state index in [4.69, 9.17) is 28.4 Å². The number of benzene rings is 1. The fraction of sp³-hybridized carbons (Fsp3) is 0.592. The van der Waals surface area contributed by atoms with Crippen molar-refractivity contribution in [1.82, 2.24) is 29.7 Å². The van der Waals surface area contributed by atoms with Crippen molar-refractivity contribution in [1.29, 1.82) is 0 Å². The number of ether oxygens (including phenoxy) is 6. The van der Waals surface area contributed by atoms with E-state index in [0.717, 1.165) is 61.4 Å². The number of fused-ring (bicyclic) bond motifs is 1. The molecule has 15 nitrogen and oxygen atoms in total. The van der Waals surface area contributed by atoms with Crippen molar-refractivity contribution in [3.05, 3.63) is 93.5 Å². The highest BCUT2D eigenvalue weighted by molar-refractivity contribution is 5.81. The van der Waals surface area contributed by atoms with Gasteiger partial charge in [-0.05, 0) is 103 Å². The first-order chi connectivity index (χ1) is 31.3. The molecule has 0 radical (unpaired) electrons. The maximum Gasteiger partial charge on any atom is 0.407 e. The highest BCUT2D eigenvalue weighted by Gasteiger charge is 2.30. The van der Waals surface area contributed by atoms with Gasteiger partial charge >= 0.3 is 6.09 Å². The van der Waals surface area contributed by atoms with Gasteiger partial charge in [0.2, 0.25) is 0 Å². The van der Waals surface area contributed by atoms with Gasteiger partial charge in [-0.1, -0.05) is 0 Å². The molecule has 65 heavy (non-hydrogen) atoms. The van der Waals surface area contributed by atoms with Crippen LogP contribution >= 0.6 is 0 Å². The van der Waals surface area contributed by atoms with Gasteiger partial charge in [-0.2, -0.15) is 0 Å². The van der Waals surface area contributed by atoms with Gasteiger partial charge in [-0.25, -0.2) is 9.18 Å². The normalized spacial score (nSPS) is 15.6. The van der Waals surface area contributed by atoms with E-state index >= 15 is 4.39 Å². The van der Waals surface area contributed by atoms with Crippen molar-refractivity contribution in [2.24, 2.45) is 0 Å². The van der Waals surface area contributed by atoms with Crippen LogP contribution < -0.4 is 20.4 Å². The Bertz CT molecular complexity index is 2160. The number of carbonyl (C=O) groups is 1. The molecule has 0 bridgehead atoms. The molecule has 16 heteroatoms. The van der Waals surface area contributed by atoms with Gasteiger partial charge < -0.3 is 48.1 Å². The number of rotatable bonds is 26. The summed E-state index contributed by atoms with van der Waals surface area (Å²) in [5.41, 5.74) is 4.90. The largest absolute Gasteiger partial charge is 0.489 e. The zero-order valence-corrected chi connectivity index (χ0v) is 39.3. The summed E-state index contributed by atoms with van der Waals surface area (Å²) in [6.45, 7) is 17.7. The van der Waals surface area contributed by atoms with Gasteiger partial charge in [0, 0.05) is 98.7 Å². The predicted molar refractivity (Wildman–Crippen MR) is 249 cm³/mol. The zero-order chi connectivity index (χ0) is 46.2. The molecule has 3 aromatic heterocycles. The number of halogens is 1. The van der Waals surface area contributed by atoms with E-state index in [1.165, 1.54) is 6.07 Å². The molecule has 356 valence electrons. The van der Waals surface area contributed by atoms with Crippen LogP contribution in [0.25, 0.3) is 10.9 Å². The van der Waals surface area contributed by atoms with E-state index < -0.39 is 17.5 Å². The second-order valence-electron chi connectivity index (χ2n) is 18.1. The number of nitrogens with one attached hydrogen (secondary N) is 1. The van der Waals surface area contributed by atoms with Crippen LogP contribution in [0.4, 0.5) is 14.9 Å². The average molecular weight is 904 g/mol. The molecular formula is C49H70FN7O8. The van der Waals surface area contributed by atoms with Gasteiger partial charge in [-0.15, -0.1) is 0 Å². The van der Waals surface area contributed by atoms with Crippen molar-refractivity contribution in [3.63, 3.8) is 0 Å². The number of aromatic nitrogens is 3. The fourth-order valence-electron chi connectivity index (χ4n) is 7.83. The molecule has 2 fully saturated rings. The number of hydrogen-bond donors (Lipinski definition) is 1. The Hall–Kier alpha value is -4.71. The minimum atomic E-state index is -0.540. The molecule has 1 aliphatic carbocycles. The van der Waals surface area contributed by atoms with E-state index in [-0.39, 0.29) is 29.9 Å². The quantitative estimate of drug-likeness (QED) is 0.0691. The summed E-state index contributed by atoms with van der Waals surface area (Å²) in [6, 6.07) is 11.9. The highest BCUT2D eigenvalue weighted by atomic mass is 19.1. The molecule has 1 N–H and O–H groups in total. The maximum atomic E-state index is 15.8. The fourth-order valence-corrected chi connectivity index (χ4v) is 7.83. The van der Waals surface area contributed by atoms with Crippen LogP contribution in [0.15, 0.2) is 59.8 Å². The van der Waals surface area contributed by atoms with E-state index in [1.54, 1.807) is 6.07 Å². The Morgan fingerprint density at radius 3 is 2.25 bits per heavy atom. The summed E-state index contributed by atoms with van der Waals surface area (Å²) in [4.78, 5) is 41.8. The van der Waals surface area contributed by atoms with Crippen molar-refractivity contribution in [2.75, 3.05) is 104 Å². The lowest BCUT2D eigenvalue weighted by molar-refractivity contribution is -0.00349. The smallest absolute Gasteiger partial charge is 0.407 e. The van der Waals surface area contributed by atoms with Gasteiger partial charge in [-0.3, -0.25) is 19.7 Å². The number of likely N-dealkylation sites (N-methyl/N-ethyl adjacent to an activating group) is 1. The van der Waals surface area contributed by atoms with E-state index in [9.17, 15) is 9.59 Å². The lowest BCUT2D eigenvalue weighted by atomic mass is 10.0. The third-order valence-corrected chi connectivity index (χ3v) is 11.4. The molecule has 1 atom stereocenters. The van der Waals surface area contributed by atoms with Crippen LogP contribution in [0.1, 0.15) is 75.0 Å². The number of aryl methyl sites for hydroxylation is 2. The minimum Gasteiger partial charge on any atom is -0.489 e. The number of carbonyl (C=O) groups excluding carboxylic acids is 1. The lowest BCUT2D eigenvalue weighted by Crippen LogP contribution is -2.48. The second kappa shape index (κ2) is 24.7. The summed E-state index contributed by atoms with van der Waals surface area (Å²) >= 11 is 0. The van der Waals surface area contributed by atoms with Crippen molar-refractivity contribution in [2.45, 2.75) is 91.1 Å². The number of amides is 1. The topological polar surface area (TPSA) is 142 Å². The van der Waals surface area contributed by atoms with Crippen LogP contribution in [-0.2, 0) is 36.8 Å². The number of nitrogens with zero attached hydrogens (tertiary/aromatic N) is 6. The summed E-state index contributed by atoms with van der Waals surface area (Å²) in [7, 11) is 1.97. The Balaban J connectivity index is 0.941. The number of alkyl carbamates (subject to hydrolysis) is 1. The maximum absolute atomic E-state index is 15.8. The minimum absolute atomic E-state index is 0.142. The van der Waals surface area contributed by atoms with Crippen LogP contribution in [0.2, 0.25) is 0 Å². The Kier molecular flexibility index (Phi) is 18.9. The standard InChI is InChI=1S/C49H70FN7O8/c1-36-9-10-41(31-53-36)55-16-7-8-42(35-55)56(32-38-13-14-51-37(2)28-38)33-39-34-57(40-11-12-40)45-30-46(44(50)29-43(45)47(39)58)64-21-18-54(6)17-20-61-23-25-63-27-26-62-24-22-60-19-15-52-48(59)65-49(3,4)5/h9-10,13-14,28-31,34,40,42H,7-8,11-12,15-27,32-33,35H2,1-6H3,(H,52,59)/t42-/m0/s1. The average Bonchev–Trinajstić information content (AvgIpc) is 4.12. The molecule has 1 amide bonds. The van der Waals surface area contributed by atoms with Gasteiger partial charge in [0.05, 0.1) is 70.3 Å². The van der Waals surface area contributed by atoms with Crippen LogP contribution in [0.3, 0.4) is 0 Å². The molecular weight excluding hydrogens is 834 g/mol. The van der Waals surface area contributed by atoms with Crippen LogP contribution in [0, 0.1) is 19.7 Å². The van der Waals surface area contributed by atoms with Crippen molar-refractivity contribution >= 4 is 22.7 Å². The molecule has 4 aromatic rings. The molecule has 1 saturated carbocycles. The Labute approximate surface area is 383 Å². The van der Waals surface area contributed by atoms with Crippen molar-refractivity contribution < 1.29 is 37.6 Å². The second-order valence-corrected chi connectivity index (χ2v) is 18.1. The highest BCUT2D eigenvalue weighted by Crippen LogP contribution is 2.38. The van der Waals surface area contributed by atoms with Gasteiger partial charge in [0.15, 0.2) is 17.0 Å². The SMILES string of the molecule is Cc1ccc(N2CCC[C@H](N(Cc3ccnc(C)c3)Cc3cn(C4CC4)c4cc(OCCN(C)CCOCCOCCOCCOCCNC(=O)OC(C)(C)C)c(F)cc4c3=O)C2)cn1. The molecule has 1 aliphatic heterocycles. The molecule has 2 aliphatic rings. The first-order valence-electron chi connectivity index (χ1n) is 23.1. The molecule has 6 rings (SSSR count). The number of piperidine rings is 1. The Morgan fingerprint density at radius 2 is 1.57 bits per heavy atom. The third-order valence-electron chi connectivity index (χ3n) is 11.4. The summed E-state index contributed by atoms with van der Waals surface area (Å²) in [6.07, 6.45) is 9.40. The van der Waals surface area contributed by atoms with Gasteiger partial charge in [0.1, 0.15) is 12.2 Å². The van der Waals surface area contributed by atoms with Crippen LogP contribution in [0.5, 0.6) is 5.75 Å². The van der Waals surface area contributed by atoms with Gasteiger partial charge in [0.25, 0.3) is 0 Å². The first-order valence-corrected chi connectivity index (χ1v) is 23.1. The summed E-state index contributed by atoms with van der Waals surface area (Å²) < 4.78 is 51.4. The molecule has 1 aromatic carbocycles. The molecule has 0 unspecified atom stereocenters. The molecule has 4 heterocycles.